The van der Waals surface area contributed by atoms with Gasteiger partial charge in [0.25, 0.3) is 0 Å². The number of aromatic nitrogens is 8. The van der Waals surface area contributed by atoms with Gasteiger partial charge in [-0.3, -0.25) is 9.59 Å². The highest BCUT2D eigenvalue weighted by atomic mass is 19.1. The minimum Gasteiger partial charge on any atom is -0.387 e. The molecule has 0 bridgehead atoms. The number of benzene rings is 2. The van der Waals surface area contributed by atoms with Crippen LogP contribution in [-0.2, 0) is 9.59 Å². The number of hydrogen-bond donors (Lipinski definition) is 3. The van der Waals surface area contributed by atoms with Crippen molar-refractivity contribution in [1.82, 2.24) is 58.8 Å². The summed E-state index contributed by atoms with van der Waals surface area (Å²) in [5, 5.41) is 33.6. The summed E-state index contributed by atoms with van der Waals surface area (Å²) in [6.45, 7) is 9.15. The molecule has 0 unspecified atom stereocenters. The number of piperazine rings is 2. The van der Waals surface area contributed by atoms with Crippen LogP contribution < -0.4 is 20.4 Å². The third-order valence-electron chi connectivity index (χ3n) is 15.7. The van der Waals surface area contributed by atoms with Crippen molar-refractivity contribution < 1.29 is 23.5 Å². The van der Waals surface area contributed by atoms with Gasteiger partial charge in [0, 0.05) is 126 Å². The molecular weight excluding hydrogens is 1030 g/mol. The van der Waals surface area contributed by atoms with E-state index in [4.69, 9.17) is 15.2 Å². The van der Waals surface area contributed by atoms with Crippen LogP contribution in [0.3, 0.4) is 0 Å². The number of nitrogens with one attached hydrogen (secondary N) is 2. The number of piperidine rings is 2. The van der Waals surface area contributed by atoms with Crippen molar-refractivity contribution in [3.05, 3.63) is 121 Å². The summed E-state index contributed by atoms with van der Waals surface area (Å²) < 4.78 is 35.8. The molecule has 418 valence electrons. The third-order valence-corrected chi connectivity index (χ3v) is 15.7. The van der Waals surface area contributed by atoms with Gasteiger partial charge < -0.3 is 45.1 Å². The van der Waals surface area contributed by atoms with Gasteiger partial charge in [0.15, 0.2) is 34.9 Å². The molecule has 0 radical (unpaired) electrons. The van der Waals surface area contributed by atoms with E-state index < -0.39 is 18.2 Å². The fraction of sp³-hybridized carbons (Fsp3) is 0.373. The summed E-state index contributed by atoms with van der Waals surface area (Å²) in [6.07, 6.45) is 9.90. The minimum absolute atomic E-state index is 0.0849. The Morgan fingerprint density at radius 1 is 0.593 bits per heavy atom. The van der Waals surface area contributed by atoms with E-state index in [1.165, 1.54) is 0 Å². The fourth-order valence-corrected chi connectivity index (χ4v) is 11.0. The molecule has 4 fully saturated rings. The molecule has 10 heterocycles. The molecule has 2 atom stereocenters. The molecule has 81 heavy (non-hydrogen) atoms. The van der Waals surface area contributed by atoms with E-state index in [2.05, 4.69) is 64.5 Å². The van der Waals surface area contributed by atoms with Crippen molar-refractivity contribution in [2.24, 2.45) is 0 Å². The highest BCUT2D eigenvalue weighted by molar-refractivity contribution is 5.81. The number of pyridine rings is 2. The molecule has 6 aromatic heterocycles. The molecule has 0 spiro atoms. The number of aliphatic hydroxyl groups is 1. The molecule has 4 saturated heterocycles. The number of carbonyl (C=O) groups is 2. The molecule has 0 saturated carbocycles. The Morgan fingerprint density at radius 3 is 1.44 bits per heavy atom. The molecule has 2 aromatic carbocycles. The quantitative estimate of drug-likeness (QED) is 0.121. The van der Waals surface area contributed by atoms with Crippen LogP contribution in [0.15, 0.2) is 110 Å². The lowest BCUT2D eigenvalue weighted by Gasteiger charge is -2.34. The van der Waals surface area contributed by atoms with Crippen LogP contribution >= 0.6 is 0 Å². The van der Waals surface area contributed by atoms with Crippen LogP contribution in [0, 0.1) is 23.0 Å². The number of fused-ring (bicyclic) bond motifs is 2. The number of nitrogens with zero attached hydrogens (tertiary/aromatic N) is 15. The summed E-state index contributed by atoms with van der Waals surface area (Å²) in [4.78, 5) is 55.7. The maximum absolute atomic E-state index is 16.2. The number of halogens is 2. The molecule has 22 heteroatoms. The lowest BCUT2D eigenvalue weighted by atomic mass is 10.0. The van der Waals surface area contributed by atoms with Crippen LogP contribution in [0.25, 0.3) is 56.3 Å². The Labute approximate surface area is 468 Å². The first-order valence-electron chi connectivity index (χ1n) is 27.6. The molecule has 0 aliphatic carbocycles. The zero-order valence-corrected chi connectivity index (χ0v) is 45.5. The lowest BCUT2D eigenvalue weighted by Crippen LogP contribution is -2.46. The van der Waals surface area contributed by atoms with Gasteiger partial charge in [0.1, 0.15) is 24.4 Å². The Balaban J connectivity index is 0.000000170. The van der Waals surface area contributed by atoms with E-state index >= 15 is 8.78 Å². The van der Waals surface area contributed by atoms with E-state index in [-0.39, 0.29) is 53.3 Å². The minimum atomic E-state index is -0.543. The van der Waals surface area contributed by atoms with Gasteiger partial charge >= 0.3 is 0 Å². The standard InChI is InChI=1S/C30H32FN9O.C29H33FN8O2/c1-37-15-17-38(18-16-37)23-9-7-21(8-10-23)28-27(31)30(34-22-5-4-13-39(20-22)26(41)11-12-32)36-29(35-28)24-19-33-40-14-3-2-6-25(24)40;1-35-13-15-36(16-14-35)22-9-7-20(8-10-22)27-26(30)29(32-21-5-4-11-37(18-21)25(40)19-39)34-28(33-27)23-17-31-38-12-3-2-6-24(23)38/h2-3,6-10,14,19,22H,4-5,11,13,15-18,20H2,1H3,(H,34,35,36);2-3,6-10,12,17,21,39H,4-5,11,13-16,18-19H2,1H3,(H,32,33,34)/t22-;21-/m11/s1. The molecule has 12 rings (SSSR count). The SMILES string of the molecule is CN1CCN(c2ccc(-c3nc(-c4cnn5ccccc45)nc(N[C@@H]4CCCN(C(=O)CC#N)C4)c3F)cc2)CC1.CN1CCN(c2ccc(-c3nc(-c4cnn5ccccc45)nc(N[C@@H]4CCCN(C(=O)CO)C4)c3F)cc2)CC1. The van der Waals surface area contributed by atoms with E-state index in [0.29, 0.717) is 60.1 Å². The fourth-order valence-electron chi connectivity index (χ4n) is 11.0. The van der Waals surface area contributed by atoms with Crippen LogP contribution in [-0.4, -0.2) is 187 Å². The summed E-state index contributed by atoms with van der Waals surface area (Å²) >= 11 is 0. The number of aliphatic hydroxyl groups excluding tert-OH is 1. The topological polar surface area (TPSA) is 208 Å². The summed E-state index contributed by atoms with van der Waals surface area (Å²) in [5.41, 5.74) is 6.92. The van der Waals surface area contributed by atoms with E-state index in [1.54, 1.807) is 31.2 Å². The molecule has 4 aliphatic heterocycles. The van der Waals surface area contributed by atoms with Crippen molar-refractivity contribution in [3.63, 3.8) is 0 Å². The molecule has 2 amide bonds. The van der Waals surface area contributed by atoms with Gasteiger partial charge in [-0.25, -0.2) is 37.7 Å². The summed E-state index contributed by atoms with van der Waals surface area (Å²) in [6, 6.07) is 28.7. The number of nitriles is 1. The number of anilines is 4. The van der Waals surface area contributed by atoms with E-state index in [1.807, 2.05) is 103 Å². The molecule has 8 aromatic rings. The first kappa shape index (κ1) is 54.3. The van der Waals surface area contributed by atoms with Crippen molar-refractivity contribution in [2.45, 2.75) is 44.2 Å². The van der Waals surface area contributed by atoms with E-state index in [0.717, 1.165) is 100 Å². The maximum atomic E-state index is 16.2. The first-order chi connectivity index (χ1) is 39.5. The van der Waals surface area contributed by atoms with Crippen LogP contribution in [0.2, 0.25) is 0 Å². The molecule has 3 N–H and O–H groups in total. The number of likely N-dealkylation sites (N-methyl/N-ethyl adjacent to an activating group) is 2. The maximum Gasteiger partial charge on any atom is 0.248 e. The first-order valence-corrected chi connectivity index (χ1v) is 27.6. The monoisotopic (exact) mass is 1100 g/mol. The zero-order chi connectivity index (χ0) is 56.0. The van der Waals surface area contributed by atoms with Crippen LogP contribution in [0.1, 0.15) is 32.1 Å². The predicted molar refractivity (Wildman–Crippen MR) is 306 cm³/mol. The Bertz CT molecular complexity index is 3550. The number of carbonyl (C=O) groups excluding carboxylic acids is 2. The number of hydrogen-bond acceptors (Lipinski definition) is 16. The number of amides is 2. The predicted octanol–water partition coefficient (Wildman–Crippen LogP) is 6.41. The van der Waals surface area contributed by atoms with Crippen molar-refractivity contribution in [1.29, 1.82) is 5.26 Å². The van der Waals surface area contributed by atoms with E-state index in [9.17, 15) is 14.7 Å². The second-order valence-electron chi connectivity index (χ2n) is 21.1. The lowest BCUT2D eigenvalue weighted by molar-refractivity contribution is -0.135. The second-order valence-corrected chi connectivity index (χ2v) is 21.1. The van der Waals surface area contributed by atoms with Gasteiger partial charge in [0.05, 0.1) is 40.6 Å². The Morgan fingerprint density at radius 2 is 1.02 bits per heavy atom. The zero-order valence-electron chi connectivity index (χ0n) is 45.5. The van der Waals surface area contributed by atoms with Gasteiger partial charge in [-0.2, -0.15) is 15.5 Å². The van der Waals surface area contributed by atoms with Crippen molar-refractivity contribution in [2.75, 3.05) is 120 Å². The summed E-state index contributed by atoms with van der Waals surface area (Å²) in [5.74, 6) is -0.733. The highest BCUT2D eigenvalue weighted by Crippen LogP contribution is 2.35. The van der Waals surface area contributed by atoms with Crippen LogP contribution in [0.5, 0.6) is 0 Å². The molecular formula is C59H65F2N17O3. The van der Waals surface area contributed by atoms with Gasteiger partial charge in [-0.15, -0.1) is 0 Å². The third kappa shape index (κ3) is 12.1. The highest BCUT2D eigenvalue weighted by Gasteiger charge is 2.29. The second kappa shape index (κ2) is 24.4. The molecule has 20 nitrogen and oxygen atoms in total. The van der Waals surface area contributed by atoms with Gasteiger partial charge in [-0.1, -0.05) is 36.4 Å². The average Bonchev–Trinajstić information content (AvgIpc) is 4.24. The Hall–Kier alpha value is -8.65. The smallest absolute Gasteiger partial charge is 0.248 e. The van der Waals surface area contributed by atoms with Gasteiger partial charge in [-0.05, 0) is 88.3 Å². The molecule has 4 aliphatic rings. The largest absolute Gasteiger partial charge is 0.387 e. The Kier molecular flexibility index (Phi) is 16.3. The van der Waals surface area contributed by atoms with Crippen LogP contribution in [0.4, 0.5) is 31.8 Å². The van der Waals surface area contributed by atoms with Crippen molar-refractivity contribution >= 4 is 45.9 Å². The number of likely N-dealkylation sites (tertiary alicyclic amines) is 2. The van der Waals surface area contributed by atoms with Crippen molar-refractivity contribution in [3.8, 4) is 51.4 Å². The normalized spacial score (nSPS) is 18.1. The summed E-state index contributed by atoms with van der Waals surface area (Å²) in [7, 11) is 4.25. The average molecular weight is 1100 g/mol. The number of rotatable bonds is 12. The van der Waals surface area contributed by atoms with Gasteiger partial charge in [0.2, 0.25) is 11.8 Å².